The molecule has 2 N–H and O–H groups in total. The van der Waals surface area contributed by atoms with Gasteiger partial charge in [0.15, 0.2) is 0 Å². The summed E-state index contributed by atoms with van der Waals surface area (Å²) in [5.41, 5.74) is 7.31. The van der Waals surface area contributed by atoms with Crippen LogP contribution < -0.4 is 5.73 Å². The molecule has 0 radical (unpaired) electrons. The Balaban J connectivity index is 2.61. The number of rotatable bonds is 1. The van der Waals surface area contributed by atoms with E-state index in [0.717, 1.165) is 5.56 Å². The predicted molar refractivity (Wildman–Crippen MR) is 62.1 cm³/mol. The fraction of sp³-hybridized carbons (Fsp3) is 0.100. The Kier molecular flexibility index (Phi) is 2.50. The molecule has 2 aromatic rings. The third-order valence-corrected chi connectivity index (χ3v) is 2.40. The highest BCUT2D eigenvalue weighted by Crippen LogP contribution is 2.34. The van der Waals surface area contributed by atoms with Gasteiger partial charge in [-0.1, -0.05) is 11.6 Å². The zero-order valence-electron chi connectivity index (χ0n) is 8.48. The largest absolute Gasteiger partial charge is 0.393 e. The fourth-order valence-electron chi connectivity index (χ4n) is 1.35. The van der Waals surface area contributed by atoms with Crippen molar-refractivity contribution in [2.45, 2.75) is 0 Å². The summed E-state index contributed by atoms with van der Waals surface area (Å²) in [4.78, 5) is 7.31. The molecule has 0 saturated carbocycles. The lowest BCUT2D eigenvalue weighted by molar-refractivity contribution is 0.782. The SMILES string of the molecule is [C-]#[N+]c1c(-c2ccc(Cl)nc2)nn(C)c1N. The highest BCUT2D eigenvalue weighted by molar-refractivity contribution is 6.29. The van der Waals surface area contributed by atoms with Gasteiger partial charge in [0.2, 0.25) is 0 Å². The molecule has 5 nitrogen and oxygen atoms in total. The quantitative estimate of drug-likeness (QED) is 0.607. The van der Waals surface area contributed by atoms with Gasteiger partial charge in [0, 0.05) is 18.8 Å². The van der Waals surface area contributed by atoms with Crippen LogP contribution >= 0.6 is 11.6 Å². The van der Waals surface area contributed by atoms with Gasteiger partial charge in [-0.05, 0) is 12.1 Å². The molecular formula is C10H8ClN5. The standard InChI is InChI=1S/C10H8ClN5/c1-13-9-8(15-16(2)10(9)12)6-3-4-7(11)14-5-6/h3-5H,12H2,2H3. The molecule has 2 aromatic heterocycles. The highest BCUT2D eigenvalue weighted by atomic mass is 35.5. The second-order valence-electron chi connectivity index (χ2n) is 3.19. The second-order valence-corrected chi connectivity index (χ2v) is 3.57. The number of pyridine rings is 1. The summed E-state index contributed by atoms with van der Waals surface area (Å²) in [6.07, 6.45) is 1.57. The molecule has 0 atom stereocenters. The van der Waals surface area contributed by atoms with Crippen molar-refractivity contribution in [2.75, 3.05) is 5.73 Å². The Morgan fingerprint density at radius 3 is 2.81 bits per heavy atom. The first kappa shape index (κ1) is 10.5. The summed E-state index contributed by atoms with van der Waals surface area (Å²) in [6, 6.07) is 3.40. The Labute approximate surface area is 97.3 Å². The lowest BCUT2D eigenvalue weighted by Crippen LogP contribution is -1.96. The molecule has 16 heavy (non-hydrogen) atoms. The minimum absolute atomic E-state index is 0.339. The lowest BCUT2D eigenvalue weighted by atomic mass is 10.2. The van der Waals surface area contributed by atoms with Gasteiger partial charge in [-0.3, -0.25) is 4.68 Å². The van der Waals surface area contributed by atoms with E-state index in [1.807, 2.05) is 0 Å². The monoisotopic (exact) mass is 233 g/mol. The summed E-state index contributed by atoms with van der Waals surface area (Å²) in [7, 11) is 1.69. The van der Waals surface area contributed by atoms with Crippen LogP contribution in [0.2, 0.25) is 5.15 Å². The molecule has 2 rings (SSSR count). The van der Waals surface area contributed by atoms with E-state index < -0.39 is 0 Å². The van der Waals surface area contributed by atoms with Gasteiger partial charge in [0.25, 0.3) is 5.69 Å². The Morgan fingerprint density at radius 2 is 2.25 bits per heavy atom. The topological polar surface area (TPSA) is 61.1 Å². The van der Waals surface area contributed by atoms with Crippen molar-refractivity contribution >= 4 is 23.1 Å². The van der Waals surface area contributed by atoms with E-state index in [4.69, 9.17) is 23.9 Å². The summed E-state index contributed by atoms with van der Waals surface area (Å²) in [5, 5.41) is 4.58. The number of nitrogens with two attached hydrogens (primary N) is 1. The van der Waals surface area contributed by atoms with Gasteiger partial charge in [0.05, 0.1) is 6.57 Å². The van der Waals surface area contributed by atoms with Gasteiger partial charge < -0.3 is 5.73 Å². The number of hydrogen-bond acceptors (Lipinski definition) is 3. The van der Waals surface area contributed by atoms with Crippen molar-refractivity contribution in [1.82, 2.24) is 14.8 Å². The van der Waals surface area contributed by atoms with E-state index >= 15 is 0 Å². The maximum atomic E-state index is 7.08. The smallest absolute Gasteiger partial charge is 0.254 e. The molecular weight excluding hydrogens is 226 g/mol. The van der Waals surface area contributed by atoms with Gasteiger partial charge in [0.1, 0.15) is 16.7 Å². The average Bonchev–Trinajstić information content (AvgIpc) is 2.56. The fourth-order valence-corrected chi connectivity index (χ4v) is 1.46. The van der Waals surface area contributed by atoms with Crippen LogP contribution in [0.25, 0.3) is 16.1 Å². The predicted octanol–water partition coefficient (Wildman–Crippen LogP) is 2.27. The number of anilines is 1. The zero-order chi connectivity index (χ0) is 11.7. The molecule has 0 fully saturated rings. The molecule has 2 heterocycles. The number of nitrogen functional groups attached to an aromatic ring is 1. The van der Waals surface area contributed by atoms with Crippen molar-refractivity contribution in [3.05, 3.63) is 34.9 Å². The minimum atomic E-state index is 0.339. The van der Waals surface area contributed by atoms with Crippen LogP contribution in [0.15, 0.2) is 18.3 Å². The molecule has 0 amide bonds. The molecule has 0 saturated heterocycles. The van der Waals surface area contributed by atoms with Gasteiger partial charge in [-0.15, -0.1) is 0 Å². The van der Waals surface area contributed by atoms with Crippen LogP contribution in [0, 0.1) is 6.57 Å². The van der Waals surface area contributed by atoms with E-state index in [-0.39, 0.29) is 0 Å². The first-order valence-electron chi connectivity index (χ1n) is 4.45. The van der Waals surface area contributed by atoms with Gasteiger partial charge in [-0.2, -0.15) is 5.10 Å². The normalized spacial score (nSPS) is 10.1. The second kappa shape index (κ2) is 3.83. The molecule has 0 aliphatic carbocycles. The average molecular weight is 234 g/mol. The summed E-state index contributed by atoms with van der Waals surface area (Å²) >= 11 is 5.69. The first-order valence-corrected chi connectivity index (χ1v) is 4.83. The van der Waals surface area contributed by atoms with Crippen LogP contribution in [0.3, 0.4) is 0 Å². The molecule has 6 heteroatoms. The minimum Gasteiger partial charge on any atom is -0.393 e. The van der Waals surface area contributed by atoms with Crippen LogP contribution in [-0.4, -0.2) is 14.8 Å². The number of hydrogen-bond donors (Lipinski definition) is 1. The van der Waals surface area contributed by atoms with Crippen LogP contribution in [-0.2, 0) is 7.05 Å². The van der Waals surface area contributed by atoms with E-state index in [1.165, 1.54) is 4.68 Å². The summed E-state index contributed by atoms with van der Waals surface area (Å²) in [5.74, 6) is 0.347. The van der Waals surface area contributed by atoms with Gasteiger partial charge in [-0.25, -0.2) is 9.83 Å². The molecule has 0 spiro atoms. The third-order valence-electron chi connectivity index (χ3n) is 2.18. The molecule has 0 aliphatic heterocycles. The van der Waals surface area contributed by atoms with Crippen LogP contribution in [0.1, 0.15) is 0 Å². The van der Waals surface area contributed by atoms with E-state index in [9.17, 15) is 0 Å². The number of aryl methyl sites for hydroxylation is 1. The Bertz CT molecular complexity index is 564. The molecule has 0 aliphatic rings. The van der Waals surface area contributed by atoms with E-state index in [2.05, 4.69) is 14.9 Å². The number of aromatic nitrogens is 3. The zero-order valence-corrected chi connectivity index (χ0v) is 9.23. The van der Waals surface area contributed by atoms with Crippen molar-refractivity contribution in [2.24, 2.45) is 7.05 Å². The maximum Gasteiger partial charge on any atom is 0.254 e. The van der Waals surface area contributed by atoms with Crippen molar-refractivity contribution < 1.29 is 0 Å². The molecule has 0 aromatic carbocycles. The first-order chi connectivity index (χ1) is 7.63. The van der Waals surface area contributed by atoms with Gasteiger partial charge >= 0.3 is 0 Å². The van der Waals surface area contributed by atoms with Crippen molar-refractivity contribution in [1.29, 1.82) is 0 Å². The molecule has 80 valence electrons. The lowest BCUT2D eigenvalue weighted by Gasteiger charge is -1.96. The van der Waals surface area contributed by atoms with Crippen LogP contribution in [0.4, 0.5) is 11.5 Å². The van der Waals surface area contributed by atoms with Crippen molar-refractivity contribution in [3.63, 3.8) is 0 Å². The third kappa shape index (κ3) is 1.59. The van der Waals surface area contributed by atoms with Crippen molar-refractivity contribution in [3.8, 4) is 11.3 Å². The van der Waals surface area contributed by atoms with E-state index in [1.54, 1.807) is 25.4 Å². The summed E-state index contributed by atoms with van der Waals surface area (Å²) < 4.78 is 1.47. The van der Waals surface area contributed by atoms with Crippen LogP contribution in [0.5, 0.6) is 0 Å². The Hall–Kier alpha value is -2.06. The maximum absolute atomic E-state index is 7.08. The Morgan fingerprint density at radius 1 is 1.50 bits per heavy atom. The molecule has 0 unspecified atom stereocenters. The summed E-state index contributed by atoms with van der Waals surface area (Å²) in [6.45, 7) is 7.08. The molecule has 0 bridgehead atoms. The van der Waals surface area contributed by atoms with E-state index in [0.29, 0.717) is 22.4 Å². The number of halogens is 1. The number of nitrogens with zero attached hydrogens (tertiary/aromatic N) is 4. The highest BCUT2D eigenvalue weighted by Gasteiger charge is 2.15.